The molecule has 20 heavy (non-hydrogen) atoms. The summed E-state index contributed by atoms with van der Waals surface area (Å²) in [5.41, 5.74) is 5.75. The summed E-state index contributed by atoms with van der Waals surface area (Å²) in [5.74, 6) is -1.15. The number of carbonyl (C=O) groups excluding carboxylic acids is 1. The number of aromatic nitrogens is 1. The van der Waals surface area contributed by atoms with E-state index in [1.165, 1.54) is 25.3 Å². The highest BCUT2D eigenvalue weighted by atomic mass is 35.5. The van der Waals surface area contributed by atoms with E-state index in [4.69, 9.17) is 33.7 Å². The summed E-state index contributed by atoms with van der Waals surface area (Å²) in [5, 5.41) is 0.0221. The van der Waals surface area contributed by atoms with Gasteiger partial charge in [0.05, 0.1) is 23.3 Å². The van der Waals surface area contributed by atoms with Crippen LogP contribution in [0.4, 0.5) is 10.2 Å². The third-order valence-electron chi connectivity index (χ3n) is 2.62. The normalized spacial score (nSPS) is 10.4. The molecule has 0 aliphatic rings. The topological polar surface area (TPSA) is 65.2 Å². The quantitative estimate of drug-likeness (QED) is 0.697. The molecule has 2 N–H and O–H groups in total. The molecule has 0 saturated carbocycles. The van der Waals surface area contributed by atoms with Crippen LogP contribution in [0.2, 0.25) is 10.2 Å². The first-order valence-electron chi connectivity index (χ1n) is 5.43. The SMILES string of the molecule is COc1cc(Cl)c(F)cc1C(=O)c1ccc(Cl)nc1N. The summed E-state index contributed by atoms with van der Waals surface area (Å²) in [6.45, 7) is 0. The Balaban J connectivity index is 2.55. The highest BCUT2D eigenvalue weighted by Crippen LogP contribution is 2.29. The molecular formula is C13H9Cl2FN2O2. The number of rotatable bonds is 3. The summed E-state index contributed by atoms with van der Waals surface area (Å²) in [4.78, 5) is 16.1. The van der Waals surface area contributed by atoms with Gasteiger partial charge in [-0.25, -0.2) is 9.37 Å². The number of carbonyl (C=O) groups is 1. The molecule has 4 nitrogen and oxygen atoms in total. The maximum Gasteiger partial charge on any atom is 0.200 e. The van der Waals surface area contributed by atoms with Crippen molar-refractivity contribution >= 4 is 34.8 Å². The minimum Gasteiger partial charge on any atom is -0.496 e. The summed E-state index contributed by atoms with van der Waals surface area (Å²) in [6.07, 6.45) is 0. The third-order valence-corrected chi connectivity index (χ3v) is 3.12. The Morgan fingerprint density at radius 3 is 2.60 bits per heavy atom. The Hall–Kier alpha value is -1.85. The second kappa shape index (κ2) is 5.64. The van der Waals surface area contributed by atoms with E-state index in [2.05, 4.69) is 4.98 Å². The third kappa shape index (κ3) is 2.69. The van der Waals surface area contributed by atoms with E-state index in [-0.39, 0.29) is 32.9 Å². The van der Waals surface area contributed by atoms with Gasteiger partial charge in [0.1, 0.15) is 22.5 Å². The summed E-state index contributed by atoms with van der Waals surface area (Å²) < 4.78 is 18.6. The lowest BCUT2D eigenvalue weighted by atomic mass is 10.0. The molecule has 0 fully saturated rings. The monoisotopic (exact) mass is 314 g/mol. The van der Waals surface area contributed by atoms with Gasteiger partial charge < -0.3 is 10.5 Å². The van der Waals surface area contributed by atoms with Gasteiger partial charge in [0.25, 0.3) is 0 Å². The van der Waals surface area contributed by atoms with Gasteiger partial charge in [0.2, 0.25) is 5.78 Å². The van der Waals surface area contributed by atoms with Gasteiger partial charge in [0.15, 0.2) is 0 Å². The van der Waals surface area contributed by atoms with Crippen LogP contribution in [0.25, 0.3) is 0 Å². The second-order valence-corrected chi connectivity index (χ2v) is 4.66. The van der Waals surface area contributed by atoms with Crippen LogP contribution >= 0.6 is 23.2 Å². The van der Waals surface area contributed by atoms with Crippen molar-refractivity contribution in [3.63, 3.8) is 0 Å². The van der Waals surface area contributed by atoms with Crippen molar-refractivity contribution in [2.24, 2.45) is 0 Å². The van der Waals surface area contributed by atoms with Crippen LogP contribution in [0.3, 0.4) is 0 Å². The number of ether oxygens (including phenoxy) is 1. The van der Waals surface area contributed by atoms with Gasteiger partial charge in [0, 0.05) is 6.07 Å². The van der Waals surface area contributed by atoms with E-state index < -0.39 is 11.6 Å². The smallest absolute Gasteiger partial charge is 0.200 e. The zero-order chi connectivity index (χ0) is 14.9. The lowest BCUT2D eigenvalue weighted by molar-refractivity contribution is 0.103. The van der Waals surface area contributed by atoms with Gasteiger partial charge >= 0.3 is 0 Å². The van der Waals surface area contributed by atoms with Crippen molar-refractivity contribution in [2.75, 3.05) is 12.8 Å². The number of nitrogen functional groups attached to an aromatic ring is 1. The molecule has 0 aliphatic heterocycles. The zero-order valence-electron chi connectivity index (χ0n) is 10.3. The van der Waals surface area contributed by atoms with Crippen LogP contribution in [-0.4, -0.2) is 17.9 Å². The molecule has 1 aromatic heterocycles. The predicted octanol–water partition coefficient (Wildman–Crippen LogP) is 3.35. The van der Waals surface area contributed by atoms with Crippen LogP contribution in [0.15, 0.2) is 24.3 Å². The highest BCUT2D eigenvalue weighted by molar-refractivity contribution is 6.31. The molecule has 104 valence electrons. The number of nitrogens with zero attached hydrogens (tertiary/aromatic N) is 1. The Morgan fingerprint density at radius 2 is 2.00 bits per heavy atom. The Labute approximate surface area is 124 Å². The fraction of sp³-hybridized carbons (Fsp3) is 0.0769. The number of benzene rings is 1. The molecule has 0 bridgehead atoms. The molecule has 2 rings (SSSR count). The van der Waals surface area contributed by atoms with Crippen LogP contribution in [0, 0.1) is 5.82 Å². The Bertz CT molecular complexity index is 692. The molecule has 0 aliphatic carbocycles. The minimum absolute atomic E-state index is 0.00484. The number of methoxy groups -OCH3 is 1. The van der Waals surface area contributed by atoms with Crippen LogP contribution in [0.5, 0.6) is 5.75 Å². The van der Waals surface area contributed by atoms with E-state index in [0.29, 0.717) is 0 Å². The number of halogens is 3. The fourth-order valence-corrected chi connectivity index (χ4v) is 1.97. The molecule has 2 aromatic rings. The van der Waals surface area contributed by atoms with Crippen molar-refractivity contribution in [2.45, 2.75) is 0 Å². The van der Waals surface area contributed by atoms with Crippen molar-refractivity contribution in [3.8, 4) is 5.75 Å². The van der Waals surface area contributed by atoms with Crippen molar-refractivity contribution in [1.29, 1.82) is 0 Å². The van der Waals surface area contributed by atoms with Crippen LogP contribution in [-0.2, 0) is 0 Å². The Kier molecular flexibility index (Phi) is 4.11. The number of hydrogen-bond acceptors (Lipinski definition) is 4. The van der Waals surface area contributed by atoms with E-state index in [0.717, 1.165) is 6.07 Å². The van der Waals surface area contributed by atoms with E-state index in [9.17, 15) is 9.18 Å². The van der Waals surface area contributed by atoms with Crippen molar-refractivity contribution < 1.29 is 13.9 Å². The summed E-state index contributed by atoms with van der Waals surface area (Å²) in [6, 6.07) is 5.06. The molecular weight excluding hydrogens is 306 g/mol. The molecule has 0 radical (unpaired) electrons. The van der Waals surface area contributed by atoms with Gasteiger partial charge in [-0.2, -0.15) is 0 Å². The fourth-order valence-electron chi connectivity index (χ4n) is 1.66. The standard InChI is InChI=1S/C13H9Cl2FN2O2/c1-20-10-5-8(14)9(16)4-7(10)12(19)6-2-3-11(15)18-13(6)17/h2-5H,1H3,(H2,17,18). The molecule has 0 saturated heterocycles. The number of pyridine rings is 1. The first-order chi connectivity index (χ1) is 9.43. The lowest BCUT2D eigenvalue weighted by Gasteiger charge is -2.10. The molecule has 0 unspecified atom stereocenters. The number of anilines is 1. The minimum atomic E-state index is -0.726. The van der Waals surface area contributed by atoms with Crippen molar-refractivity contribution in [1.82, 2.24) is 4.98 Å². The molecule has 0 atom stereocenters. The maximum atomic E-state index is 13.5. The number of hydrogen-bond donors (Lipinski definition) is 1. The van der Waals surface area contributed by atoms with Crippen LogP contribution in [0.1, 0.15) is 15.9 Å². The van der Waals surface area contributed by atoms with Gasteiger partial charge in [-0.15, -0.1) is 0 Å². The predicted molar refractivity (Wildman–Crippen MR) is 75.1 cm³/mol. The average Bonchev–Trinajstić information content (AvgIpc) is 2.40. The van der Waals surface area contributed by atoms with Gasteiger partial charge in [-0.3, -0.25) is 4.79 Å². The van der Waals surface area contributed by atoms with Crippen LogP contribution < -0.4 is 10.5 Å². The van der Waals surface area contributed by atoms with Gasteiger partial charge in [-0.05, 0) is 18.2 Å². The first-order valence-corrected chi connectivity index (χ1v) is 6.19. The van der Waals surface area contributed by atoms with E-state index in [1.54, 1.807) is 0 Å². The zero-order valence-corrected chi connectivity index (χ0v) is 11.8. The summed E-state index contributed by atoms with van der Waals surface area (Å²) in [7, 11) is 1.35. The summed E-state index contributed by atoms with van der Waals surface area (Å²) >= 11 is 11.3. The first kappa shape index (κ1) is 14.6. The van der Waals surface area contributed by atoms with Gasteiger partial charge in [-0.1, -0.05) is 23.2 Å². The molecule has 1 aromatic carbocycles. The molecule has 0 spiro atoms. The molecule has 1 heterocycles. The molecule has 0 amide bonds. The lowest BCUT2D eigenvalue weighted by Crippen LogP contribution is -2.09. The Morgan fingerprint density at radius 1 is 1.30 bits per heavy atom. The van der Waals surface area contributed by atoms with E-state index in [1.807, 2.05) is 0 Å². The van der Waals surface area contributed by atoms with E-state index >= 15 is 0 Å². The number of ketones is 1. The molecule has 7 heteroatoms. The maximum absolute atomic E-state index is 13.5. The highest BCUT2D eigenvalue weighted by Gasteiger charge is 2.20. The second-order valence-electron chi connectivity index (χ2n) is 3.86. The average molecular weight is 315 g/mol. The number of nitrogens with two attached hydrogens (primary N) is 1. The van der Waals surface area contributed by atoms with Crippen molar-refractivity contribution in [3.05, 3.63) is 51.4 Å². The largest absolute Gasteiger partial charge is 0.496 e.